The van der Waals surface area contributed by atoms with Gasteiger partial charge in [-0.05, 0) is 36.2 Å². The molecule has 0 saturated carbocycles. The van der Waals surface area contributed by atoms with E-state index in [1.807, 2.05) is 36.4 Å². The molecule has 0 radical (unpaired) electrons. The molecule has 2 aliphatic heterocycles. The van der Waals surface area contributed by atoms with Crippen molar-refractivity contribution in [1.29, 1.82) is 0 Å². The lowest BCUT2D eigenvalue weighted by Gasteiger charge is -2.38. The Labute approximate surface area is 176 Å². The first-order valence-corrected chi connectivity index (χ1v) is 10.4. The topological polar surface area (TPSA) is 54.9 Å². The Morgan fingerprint density at radius 3 is 2.72 bits per heavy atom. The second kappa shape index (κ2) is 9.01. The second-order valence-electron chi connectivity index (χ2n) is 7.74. The van der Waals surface area contributed by atoms with E-state index < -0.39 is 0 Å². The van der Waals surface area contributed by atoms with Crippen molar-refractivity contribution in [3.63, 3.8) is 0 Å². The van der Waals surface area contributed by atoms with Gasteiger partial charge in [-0.25, -0.2) is 4.98 Å². The highest BCUT2D eigenvalue weighted by molar-refractivity contribution is 6.30. The third-order valence-corrected chi connectivity index (χ3v) is 5.95. The Balaban J connectivity index is 1.27. The molecule has 0 aliphatic carbocycles. The molecule has 2 atom stereocenters. The summed E-state index contributed by atoms with van der Waals surface area (Å²) in [5.74, 6) is 2.13. The van der Waals surface area contributed by atoms with Crippen molar-refractivity contribution < 1.29 is 14.3 Å². The number of piperazine rings is 1. The minimum absolute atomic E-state index is 0.232. The number of benzene rings is 1. The summed E-state index contributed by atoms with van der Waals surface area (Å²) in [5.41, 5.74) is 0.929. The summed E-state index contributed by atoms with van der Waals surface area (Å²) in [6.45, 7) is 4.82. The minimum atomic E-state index is -0.232. The van der Waals surface area contributed by atoms with Crippen LogP contribution in [0.15, 0.2) is 42.6 Å². The number of pyridine rings is 1. The number of rotatable bonds is 6. The molecule has 1 aromatic heterocycles. The van der Waals surface area contributed by atoms with Crippen LogP contribution in [0.25, 0.3) is 0 Å². The van der Waals surface area contributed by atoms with Crippen molar-refractivity contribution in [3.8, 4) is 5.75 Å². The average Bonchev–Trinajstić information content (AvgIpc) is 3.16. The fraction of sp³-hybridized carbons (Fsp3) is 0.455. The number of carbonyl (C=O) groups is 1. The summed E-state index contributed by atoms with van der Waals surface area (Å²) in [6.07, 6.45) is 3.13. The number of fused-ring (bicyclic) bond motifs is 1. The Bertz CT molecular complexity index is 828. The van der Waals surface area contributed by atoms with Gasteiger partial charge >= 0.3 is 5.97 Å². The molecule has 3 heterocycles. The zero-order chi connectivity index (χ0) is 20.2. The molecule has 0 spiro atoms. The number of hydrogen-bond donors (Lipinski definition) is 0. The SMILES string of the molecule is COC(=O)Cc1ccc(OC[C@H]2C[C@H]3CN(c4ccc(Cl)cn4)CCN3C2)cc1. The van der Waals surface area contributed by atoms with Crippen LogP contribution in [0.1, 0.15) is 12.0 Å². The van der Waals surface area contributed by atoms with Crippen LogP contribution in [0.3, 0.4) is 0 Å². The van der Waals surface area contributed by atoms with Crippen LogP contribution in [0.4, 0.5) is 5.82 Å². The highest BCUT2D eigenvalue weighted by Gasteiger charge is 2.36. The monoisotopic (exact) mass is 415 g/mol. The summed E-state index contributed by atoms with van der Waals surface area (Å²) in [4.78, 5) is 20.7. The predicted molar refractivity (Wildman–Crippen MR) is 113 cm³/mol. The number of hydrogen-bond acceptors (Lipinski definition) is 6. The van der Waals surface area contributed by atoms with E-state index >= 15 is 0 Å². The zero-order valence-corrected chi connectivity index (χ0v) is 17.3. The fourth-order valence-corrected chi connectivity index (χ4v) is 4.30. The molecule has 29 heavy (non-hydrogen) atoms. The van der Waals surface area contributed by atoms with Crippen molar-refractivity contribution in [2.45, 2.75) is 18.9 Å². The molecule has 0 N–H and O–H groups in total. The van der Waals surface area contributed by atoms with Gasteiger partial charge in [-0.2, -0.15) is 0 Å². The van der Waals surface area contributed by atoms with Gasteiger partial charge in [0.15, 0.2) is 0 Å². The van der Waals surface area contributed by atoms with Crippen LogP contribution in [0.5, 0.6) is 5.75 Å². The number of anilines is 1. The molecular formula is C22H26ClN3O3. The Kier molecular flexibility index (Phi) is 6.21. The molecule has 7 heteroatoms. The molecule has 1 aromatic carbocycles. The van der Waals surface area contributed by atoms with E-state index in [1.165, 1.54) is 7.11 Å². The van der Waals surface area contributed by atoms with Crippen LogP contribution in [-0.2, 0) is 16.0 Å². The highest BCUT2D eigenvalue weighted by atomic mass is 35.5. The minimum Gasteiger partial charge on any atom is -0.493 e. The number of ether oxygens (including phenoxy) is 2. The maximum Gasteiger partial charge on any atom is 0.309 e. The first-order chi connectivity index (χ1) is 14.1. The third kappa shape index (κ3) is 5.00. The molecular weight excluding hydrogens is 390 g/mol. The first-order valence-electron chi connectivity index (χ1n) is 10.00. The van der Waals surface area contributed by atoms with Gasteiger partial charge in [0.2, 0.25) is 0 Å². The Morgan fingerprint density at radius 2 is 2.00 bits per heavy atom. The normalized spacial score (nSPS) is 21.7. The lowest BCUT2D eigenvalue weighted by molar-refractivity contribution is -0.139. The smallest absolute Gasteiger partial charge is 0.309 e. The number of methoxy groups -OCH3 is 1. The number of esters is 1. The van der Waals surface area contributed by atoms with E-state index in [0.29, 0.717) is 23.6 Å². The molecule has 4 rings (SSSR count). The van der Waals surface area contributed by atoms with E-state index in [2.05, 4.69) is 14.8 Å². The molecule has 0 unspecified atom stereocenters. The second-order valence-corrected chi connectivity index (χ2v) is 8.18. The highest BCUT2D eigenvalue weighted by Crippen LogP contribution is 2.29. The summed E-state index contributed by atoms with van der Waals surface area (Å²) in [7, 11) is 1.40. The van der Waals surface area contributed by atoms with Crippen molar-refractivity contribution in [1.82, 2.24) is 9.88 Å². The maximum absolute atomic E-state index is 11.3. The lowest BCUT2D eigenvalue weighted by Crippen LogP contribution is -2.50. The third-order valence-electron chi connectivity index (χ3n) is 5.72. The maximum atomic E-state index is 11.3. The summed E-state index contributed by atoms with van der Waals surface area (Å²) < 4.78 is 10.7. The molecule has 154 valence electrons. The van der Waals surface area contributed by atoms with Gasteiger partial charge in [0.05, 0.1) is 25.2 Å². The van der Waals surface area contributed by atoms with Gasteiger partial charge in [-0.3, -0.25) is 9.69 Å². The van der Waals surface area contributed by atoms with Crippen LogP contribution in [0.2, 0.25) is 5.02 Å². The van der Waals surface area contributed by atoms with Crippen LogP contribution < -0.4 is 9.64 Å². The van der Waals surface area contributed by atoms with E-state index in [1.54, 1.807) is 6.20 Å². The number of nitrogens with zero attached hydrogens (tertiary/aromatic N) is 3. The molecule has 2 aromatic rings. The van der Waals surface area contributed by atoms with Crippen molar-refractivity contribution >= 4 is 23.4 Å². The average molecular weight is 416 g/mol. The van der Waals surface area contributed by atoms with Gasteiger partial charge in [0.25, 0.3) is 0 Å². The fourth-order valence-electron chi connectivity index (χ4n) is 4.19. The predicted octanol–water partition coefficient (Wildman–Crippen LogP) is 3.04. The van der Waals surface area contributed by atoms with Gasteiger partial charge < -0.3 is 14.4 Å². The molecule has 2 saturated heterocycles. The van der Waals surface area contributed by atoms with E-state index in [-0.39, 0.29) is 12.4 Å². The quantitative estimate of drug-likeness (QED) is 0.676. The van der Waals surface area contributed by atoms with Gasteiger partial charge in [-0.1, -0.05) is 23.7 Å². The van der Waals surface area contributed by atoms with Crippen molar-refractivity contribution in [3.05, 3.63) is 53.2 Å². The van der Waals surface area contributed by atoms with Crippen LogP contribution in [-0.4, -0.2) is 61.8 Å². The van der Waals surface area contributed by atoms with Crippen molar-refractivity contribution in [2.24, 2.45) is 5.92 Å². The van der Waals surface area contributed by atoms with E-state index in [9.17, 15) is 4.79 Å². The summed E-state index contributed by atoms with van der Waals surface area (Å²) in [5, 5.41) is 0.670. The molecule has 6 nitrogen and oxygen atoms in total. The Hall–Kier alpha value is -2.31. The van der Waals surface area contributed by atoms with Crippen LogP contribution in [0, 0.1) is 5.92 Å². The number of carbonyl (C=O) groups excluding carboxylic acids is 1. The molecule has 0 amide bonds. The summed E-state index contributed by atoms with van der Waals surface area (Å²) >= 11 is 5.96. The molecule has 2 fully saturated rings. The van der Waals surface area contributed by atoms with Gasteiger partial charge in [0, 0.05) is 44.3 Å². The Morgan fingerprint density at radius 1 is 1.17 bits per heavy atom. The van der Waals surface area contributed by atoms with E-state index in [4.69, 9.17) is 21.1 Å². The summed E-state index contributed by atoms with van der Waals surface area (Å²) in [6, 6.07) is 12.1. The standard InChI is InChI=1S/C22H26ClN3O3/c1-28-22(27)11-16-2-5-20(6-3-16)29-15-17-10-19-14-26(9-8-25(19)13-17)21-7-4-18(23)12-24-21/h2-7,12,17,19H,8-11,13-15H2,1H3/t17-,19-/m0/s1. The van der Waals surface area contributed by atoms with Gasteiger partial charge in [0.1, 0.15) is 11.6 Å². The molecule has 2 aliphatic rings. The first kappa shape index (κ1) is 20.0. The van der Waals surface area contributed by atoms with Crippen molar-refractivity contribution in [2.75, 3.05) is 44.8 Å². The number of aromatic nitrogens is 1. The zero-order valence-electron chi connectivity index (χ0n) is 16.6. The van der Waals surface area contributed by atoms with Gasteiger partial charge in [-0.15, -0.1) is 0 Å². The number of halogens is 1. The largest absolute Gasteiger partial charge is 0.493 e. The van der Waals surface area contributed by atoms with E-state index in [0.717, 1.165) is 49.7 Å². The lowest BCUT2D eigenvalue weighted by atomic mass is 10.1. The van der Waals surface area contributed by atoms with Crippen LogP contribution >= 0.6 is 11.6 Å². The molecule has 0 bridgehead atoms.